The van der Waals surface area contributed by atoms with Crippen LogP contribution in [0.5, 0.6) is 5.75 Å². The summed E-state index contributed by atoms with van der Waals surface area (Å²) in [6.45, 7) is 0.568. The van der Waals surface area contributed by atoms with Crippen molar-refractivity contribution in [2.45, 2.75) is 4.90 Å². The SMILES string of the molecule is CS(=O)(=O)c1ccc(OCCBr)cc1. The Bertz CT molecular complexity index is 383. The minimum atomic E-state index is -3.10. The Labute approximate surface area is 92.1 Å². The zero-order chi connectivity index (χ0) is 10.6. The van der Waals surface area contributed by atoms with Gasteiger partial charge in [-0.15, -0.1) is 0 Å². The molecule has 0 aliphatic carbocycles. The molecule has 0 bridgehead atoms. The molecule has 14 heavy (non-hydrogen) atoms. The number of alkyl halides is 1. The normalized spacial score (nSPS) is 11.3. The molecule has 0 aliphatic heterocycles. The molecule has 0 radical (unpaired) electrons. The average molecular weight is 279 g/mol. The van der Waals surface area contributed by atoms with Crippen molar-refractivity contribution in [3.8, 4) is 5.75 Å². The van der Waals surface area contributed by atoms with Gasteiger partial charge in [-0.3, -0.25) is 0 Å². The van der Waals surface area contributed by atoms with E-state index in [4.69, 9.17) is 4.74 Å². The van der Waals surface area contributed by atoms with Gasteiger partial charge in [0, 0.05) is 11.6 Å². The van der Waals surface area contributed by atoms with E-state index in [0.717, 1.165) is 5.33 Å². The van der Waals surface area contributed by atoms with Crippen molar-refractivity contribution in [3.05, 3.63) is 24.3 Å². The maximum atomic E-state index is 11.1. The van der Waals surface area contributed by atoms with Crippen LogP contribution in [0, 0.1) is 0 Å². The number of ether oxygens (including phenoxy) is 1. The molecule has 0 amide bonds. The summed E-state index contributed by atoms with van der Waals surface area (Å²) in [6, 6.07) is 6.38. The predicted molar refractivity (Wildman–Crippen MR) is 58.8 cm³/mol. The molecule has 5 heteroatoms. The van der Waals surface area contributed by atoms with Crippen molar-refractivity contribution in [2.75, 3.05) is 18.2 Å². The van der Waals surface area contributed by atoms with E-state index in [1.54, 1.807) is 24.3 Å². The van der Waals surface area contributed by atoms with Crippen LogP contribution in [-0.2, 0) is 9.84 Å². The van der Waals surface area contributed by atoms with E-state index in [0.29, 0.717) is 17.3 Å². The van der Waals surface area contributed by atoms with Crippen LogP contribution in [0.2, 0.25) is 0 Å². The molecule has 1 rings (SSSR count). The number of hydrogen-bond donors (Lipinski definition) is 0. The maximum absolute atomic E-state index is 11.1. The molecule has 0 fully saturated rings. The molecular weight excluding hydrogens is 268 g/mol. The van der Waals surface area contributed by atoms with Crippen LogP contribution in [0.15, 0.2) is 29.2 Å². The second-order valence-corrected chi connectivity index (χ2v) is 5.59. The molecule has 0 heterocycles. The lowest BCUT2D eigenvalue weighted by Gasteiger charge is -2.04. The topological polar surface area (TPSA) is 43.4 Å². The average Bonchev–Trinajstić information content (AvgIpc) is 2.14. The highest BCUT2D eigenvalue weighted by Crippen LogP contribution is 2.15. The van der Waals surface area contributed by atoms with Gasteiger partial charge in [0.2, 0.25) is 0 Å². The summed E-state index contributed by atoms with van der Waals surface area (Å²) in [5, 5.41) is 0.751. The van der Waals surface area contributed by atoms with Crippen molar-refractivity contribution < 1.29 is 13.2 Å². The second-order valence-electron chi connectivity index (χ2n) is 2.78. The highest BCUT2D eigenvalue weighted by Gasteiger charge is 2.05. The van der Waals surface area contributed by atoms with Crippen LogP contribution >= 0.6 is 15.9 Å². The van der Waals surface area contributed by atoms with Crippen molar-refractivity contribution in [2.24, 2.45) is 0 Å². The van der Waals surface area contributed by atoms with Crippen LogP contribution < -0.4 is 4.74 Å². The highest BCUT2D eigenvalue weighted by molar-refractivity contribution is 9.09. The molecule has 1 aromatic rings. The molecule has 0 aliphatic rings. The molecule has 0 spiro atoms. The van der Waals surface area contributed by atoms with Gasteiger partial charge >= 0.3 is 0 Å². The van der Waals surface area contributed by atoms with Gasteiger partial charge in [-0.25, -0.2) is 8.42 Å². The molecule has 3 nitrogen and oxygen atoms in total. The second kappa shape index (κ2) is 4.79. The van der Waals surface area contributed by atoms with E-state index in [9.17, 15) is 8.42 Å². The highest BCUT2D eigenvalue weighted by atomic mass is 79.9. The van der Waals surface area contributed by atoms with Crippen LogP contribution in [0.1, 0.15) is 0 Å². The van der Waals surface area contributed by atoms with Gasteiger partial charge in [-0.1, -0.05) is 15.9 Å². The lowest BCUT2D eigenvalue weighted by atomic mass is 10.3. The van der Waals surface area contributed by atoms with E-state index in [-0.39, 0.29) is 0 Å². The number of hydrogen-bond acceptors (Lipinski definition) is 3. The Balaban J connectivity index is 2.79. The van der Waals surface area contributed by atoms with E-state index in [1.807, 2.05) is 0 Å². The van der Waals surface area contributed by atoms with E-state index < -0.39 is 9.84 Å². The Morgan fingerprint density at radius 2 is 1.86 bits per heavy atom. The Morgan fingerprint density at radius 1 is 1.29 bits per heavy atom. The third-order valence-electron chi connectivity index (χ3n) is 1.60. The first-order chi connectivity index (χ1) is 6.54. The molecular formula is C9H11BrO3S. The minimum absolute atomic E-state index is 0.309. The zero-order valence-corrected chi connectivity index (χ0v) is 10.1. The minimum Gasteiger partial charge on any atom is -0.493 e. The van der Waals surface area contributed by atoms with Gasteiger partial charge < -0.3 is 4.74 Å². The zero-order valence-electron chi connectivity index (χ0n) is 7.73. The van der Waals surface area contributed by atoms with Gasteiger partial charge in [-0.05, 0) is 24.3 Å². The molecule has 78 valence electrons. The summed E-state index contributed by atoms with van der Waals surface area (Å²) in [4.78, 5) is 0.309. The number of halogens is 1. The van der Waals surface area contributed by atoms with Gasteiger partial charge in [-0.2, -0.15) is 0 Å². The fraction of sp³-hybridized carbons (Fsp3) is 0.333. The number of sulfone groups is 1. The van der Waals surface area contributed by atoms with Crippen LogP contribution in [0.4, 0.5) is 0 Å². The van der Waals surface area contributed by atoms with Crippen LogP contribution in [0.3, 0.4) is 0 Å². The third-order valence-corrected chi connectivity index (χ3v) is 3.05. The van der Waals surface area contributed by atoms with Gasteiger partial charge in [0.1, 0.15) is 5.75 Å². The lowest BCUT2D eigenvalue weighted by molar-refractivity contribution is 0.345. The summed E-state index contributed by atoms with van der Waals surface area (Å²) >= 11 is 3.23. The molecule has 0 saturated heterocycles. The smallest absolute Gasteiger partial charge is 0.175 e. The largest absolute Gasteiger partial charge is 0.493 e. The first-order valence-electron chi connectivity index (χ1n) is 4.03. The number of rotatable bonds is 4. The Kier molecular flexibility index (Phi) is 3.95. The van der Waals surface area contributed by atoms with Crippen molar-refractivity contribution in [3.63, 3.8) is 0 Å². The van der Waals surface area contributed by atoms with Gasteiger partial charge in [0.05, 0.1) is 11.5 Å². The standard InChI is InChI=1S/C9H11BrO3S/c1-14(11,12)9-4-2-8(3-5-9)13-7-6-10/h2-5H,6-7H2,1H3. The quantitative estimate of drug-likeness (QED) is 0.790. The van der Waals surface area contributed by atoms with Gasteiger partial charge in [0.15, 0.2) is 9.84 Å². The van der Waals surface area contributed by atoms with E-state index in [2.05, 4.69) is 15.9 Å². The summed E-state index contributed by atoms with van der Waals surface area (Å²) in [5.74, 6) is 0.678. The molecule has 0 atom stereocenters. The molecule has 0 saturated carbocycles. The van der Waals surface area contributed by atoms with Crippen molar-refractivity contribution in [1.82, 2.24) is 0 Å². The van der Waals surface area contributed by atoms with Crippen molar-refractivity contribution in [1.29, 1.82) is 0 Å². The first-order valence-corrected chi connectivity index (χ1v) is 7.04. The summed E-state index contributed by atoms with van der Waals surface area (Å²) in [7, 11) is -3.10. The Hall–Kier alpha value is -0.550. The third kappa shape index (κ3) is 3.31. The van der Waals surface area contributed by atoms with Crippen LogP contribution in [-0.4, -0.2) is 26.6 Å². The first kappa shape index (κ1) is 11.5. The predicted octanol–water partition coefficient (Wildman–Crippen LogP) is 1.86. The number of benzene rings is 1. The monoisotopic (exact) mass is 278 g/mol. The summed E-state index contributed by atoms with van der Waals surface area (Å²) < 4.78 is 27.5. The summed E-state index contributed by atoms with van der Waals surface area (Å²) in [5.41, 5.74) is 0. The molecule has 1 aromatic carbocycles. The molecule has 0 aromatic heterocycles. The molecule has 0 unspecified atom stereocenters. The fourth-order valence-corrected chi connectivity index (χ4v) is 1.73. The lowest BCUT2D eigenvalue weighted by Crippen LogP contribution is -1.99. The Morgan fingerprint density at radius 3 is 2.29 bits per heavy atom. The summed E-state index contributed by atoms with van der Waals surface area (Å²) in [6.07, 6.45) is 1.18. The van der Waals surface area contributed by atoms with Gasteiger partial charge in [0.25, 0.3) is 0 Å². The molecule has 0 N–H and O–H groups in total. The van der Waals surface area contributed by atoms with E-state index in [1.165, 1.54) is 6.26 Å². The fourth-order valence-electron chi connectivity index (χ4n) is 0.939. The van der Waals surface area contributed by atoms with Crippen LogP contribution in [0.25, 0.3) is 0 Å². The van der Waals surface area contributed by atoms with E-state index >= 15 is 0 Å². The maximum Gasteiger partial charge on any atom is 0.175 e. The van der Waals surface area contributed by atoms with Crippen molar-refractivity contribution >= 4 is 25.8 Å².